The molecule has 18 heavy (non-hydrogen) atoms. The van der Waals surface area contributed by atoms with Crippen molar-refractivity contribution in [3.05, 3.63) is 64.2 Å². The standard InChI is InChI=1S/C14H14ClFN2/c1-9-4-3-7-18-13(9)14(17-2)11-6-5-10(15)8-12(11)16/h3-8,14,17H,1-2H3. The average Bonchev–Trinajstić information content (AvgIpc) is 2.34. The largest absolute Gasteiger partial charge is 0.308 e. The Hall–Kier alpha value is -1.45. The molecular weight excluding hydrogens is 251 g/mol. The summed E-state index contributed by atoms with van der Waals surface area (Å²) in [7, 11) is 1.78. The Bertz CT molecular complexity index is 557. The van der Waals surface area contributed by atoms with Gasteiger partial charge in [0.2, 0.25) is 0 Å². The van der Waals surface area contributed by atoms with E-state index >= 15 is 0 Å². The Morgan fingerprint density at radius 1 is 1.33 bits per heavy atom. The van der Waals surface area contributed by atoms with Gasteiger partial charge in [-0.3, -0.25) is 4.98 Å². The molecule has 1 unspecified atom stereocenters. The van der Waals surface area contributed by atoms with E-state index in [0.29, 0.717) is 10.6 Å². The van der Waals surface area contributed by atoms with Gasteiger partial charge in [-0.25, -0.2) is 4.39 Å². The van der Waals surface area contributed by atoms with E-state index in [4.69, 9.17) is 11.6 Å². The van der Waals surface area contributed by atoms with Crippen LogP contribution >= 0.6 is 11.6 Å². The van der Waals surface area contributed by atoms with Crippen molar-refractivity contribution in [2.45, 2.75) is 13.0 Å². The maximum atomic E-state index is 14.0. The molecule has 1 aromatic heterocycles. The van der Waals surface area contributed by atoms with E-state index in [1.165, 1.54) is 6.07 Å². The Labute approximate surface area is 111 Å². The Kier molecular flexibility index (Phi) is 3.94. The number of pyridine rings is 1. The van der Waals surface area contributed by atoms with Crippen molar-refractivity contribution in [1.29, 1.82) is 0 Å². The molecule has 0 aliphatic rings. The summed E-state index contributed by atoms with van der Waals surface area (Å²) in [5, 5.41) is 3.48. The first-order valence-electron chi connectivity index (χ1n) is 5.67. The number of nitrogens with zero attached hydrogens (tertiary/aromatic N) is 1. The molecule has 0 bridgehead atoms. The number of rotatable bonds is 3. The van der Waals surface area contributed by atoms with Crippen molar-refractivity contribution in [1.82, 2.24) is 10.3 Å². The lowest BCUT2D eigenvalue weighted by Crippen LogP contribution is -2.21. The van der Waals surface area contributed by atoms with Gasteiger partial charge in [-0.1, -0.05) is 23.7 Å². The second-order valence-electron chi connectivity index (χ2n) is 4.09. The molecule has 4 heteroatoms. The van der Waals surface area contributed by atoms with Gasteiger partial charge in [0, 0.05) is 16.8 Å². The summed E-state index contributed by atoms with van der Waals surface area (Å²) >= 11 is 5.77. The Morgan fingerprint density at radius 3 is 2.72 bits per heavy atom. The summed E-state index contributed by atoms with van der Waals surface area (Å²) in [5.41, 5.74) is 2.39. The second kappa shape index (κ2) is 5.46. The lowest BCUT2D eigenvalue weighted by molar-refractivity contribution is 0.569. The minimum absolute atomic E-state index is 0.275. The van der Waals surface area contributed by atoms with Crippen LogP contribution in [0.3, 0.4) is 0 Å². The number of benzene rings is 1. The van der Waals surface area contributed by atoms with Crippen LogP contribution in [0.1, 0.15) is 22.9 Å². The lowest BCUT2D eigenvalue weighted by atomic mass is 9.99. The van der Waals surface area contributed by atoms with Crippen molar-refractivity contribution < 1.29 is 4.39 Å². The highest BCUT2D eigenvalue weighted by molar-refractivity contribution is 6.30. The van der Waals surface area contributed by atoms with Gasteiger partial charge < -0.3 is 5.32 Å². The first kappa shape index (κ1) is 13.0. The van der Waals surface area contributed by atoms with E-state index in [0.717, 1.165) is 11.3 Å². The van der Waals surface area contributed by atoms with Gasteiger partial charge in [0.15, 0.2) is 0 Å². The molecule has 0 aliphatic heterocycles. The van der Waals surface area contributed by atoms with E-state index in [9.17, 15) is 4.39 Å². The number of aryl methyl sites for hydroxylation is 1. The predicted octanol–water partition coefficient (Wildman–Crippen LogP) is 3.49. The predicted molar refractivity (Wildman–Crippen MR) is 71.3 cm³/mol. The average molecular weight is 265 g/mol. The third-order valence-electron chi connectivity index (χ3n) is 2.89. The normalized spacial score (nSPS) is 12.4. The number of hydrogen-bond donors (Lipinski definition) is 1. The molecular formula is C14H14ClFN2. The molecule has 0 spiro atoms. The van der Waals surface area contributed by atoms with Crippen LogP contribution in [0.4, 0.5) is 4.39 Å². The smallest absolute Gasteiger partial charge is 0.129 e. The number of nitrogens with one attached hydrogen (secondary N) is 1. The number of halogens is 2. The second-order valence-corrected chi connectivity index (χ2v) is 4.53. The maximum absolute atomic E-state index is 14.0. The van der Waals surface area contributed by atoms with E-state index in [-0.39, 0.29) is 11.9 Å². The van der Waals surface area contributed by atoms with Crippen molar-refractivity contribution in [3.63, 3.8) is 0 Å². The highest BCUT2D eigenvalue weighted by atomic mass is 35.5. The minimum atomic E-state index is -0.327. The fraction of sp³-hybridized carbons (Fsp3) is 0.214. The molecule has 1 N–H and O–H groups in total. The van der Waals surface area contributed by atoms with Crippen molar-refractivity contribution in [3.8, 4) is 0 Å². The van der Waals surface area contributed by atoms with Crippen LogP contribution < -0.4 is 5.32 Å². The van der Waals surface area contributed by atoms with E-state index in [1.807, 2.05) is 19.1 Å². The van der Waals surface area contributed by atoms with Crippen LogP contribution in [0.5, 0.6) is 0 Å². The molecule has 1 aromatic carbocycles. The highest BCUT2D eigenvalue weighted by Crippen LogP contribution is 2.26. The highest BCUT2D eigenvalue weighted by Gasteiger charge is 2.19. The SMILES string of the molecule is CNC(c1ccc(Cl)cc1F)c1ncccc1C. The van der Waals surface area contributed by atoms with E-state index in [2.05, 4.69) is 10.3 Å². The summed E-state index contributed by atoms with van der Waals surface area (Å²) in [6, 6.07) is 8.24. The zero-order chi connectivity index (χ0) is 13.1. The molecule has 0 amide bonds. The molecule has 0 fully saturated rings. The van der Waals surface area contributed by atoms with Crippen molar-refractivity contribution >= 4 is 11.6 Å². The fourth-order valence-electron chi connectivity index (χ4n) is 1.98. The Balaban J connectivity index is 2.49. The topological polar surface area (TPSA) is 24.9 Å². The molecule has 94 valence electrons. The summed E-state index contributed by atoms with van der Waals surface area (Å²) in [6.07, 6.45) is 1.71. The zero-order valence-corrected chi connectivity index (χ0v) is 11.0. The van der Waals surface area contributed by atoms with Gasteiger partial charge in [-0.15, -0.1) is 0 Å². The first-order valence-corrected chi connectivity index (χ1v) is 6.05. The van der Waals surface area contributed by atoms with Gasteiger partial charge in [0.1, 0.15) is 5.82 Å². The molecule has 0 radical (unpaired) electrons. The Morgan fingerprint density at radius 2 is 2.11 bits per heavy atom. The summed E-state index contributed by atoms with van der Waals surface area (Å²) in [4.78, 5) is 4.33. The monoisotopic (exact) mass is 264 g/mol. The molecule has 0 saturated carbocycles. The van der Waals surface area contributed by atoms with Crippen molar-refractivity contribution in [2.75, 3.05) is 7.05 Å². The molecule has 1 atom stereocenters. The molecule has 0 saturated heterocycles. The van der Waals surface area contributed by atoms with E-state index in [1.54, 1.807) is 25.4 Å². The van der Waals surface area contributed by atoms with Crippen LogP contribution in [-0.4, -0.2) is 12.0 Å². The van der Waals surface area contributed by atoms with Crippen LogP contribution in [0, 0.1) is 12.7 Å². The molecule has 1 heterocycles. The van der Waals surface area contributed by atoms with Crippen LogP contribution in [0.25, 0.3) is 0 Å². The maximum Gasteiger partial charge on any atom is 0.129 e. The van der Waals surface area contributed by atoms with Crippen LogP contribution in [0.2, 0.25) is 5.02 Å². The number of aromatic nitrogens is 1. The molecule has 2 aromatic rings. The lowest BCUT2D eigenvalue weighted by Gasteiger charge is -2.18. The van der Waals surface area contributed by atoms with Gasteiger partial charge in [-0.05, 0) is 37.7 Å². The van der Waals surface area contributed by atoms with Crippen molar-refractivity contribution in [2.24, 2.45) is 0 Å². The van der Waals surface area contributed by atoms with Gasteiger partial charge >= 0.3 is 0 Å². The molecule has 0 aliphatic carbocycles. The third kappa shape index (κ3) is 2.52. The van der Waals surface area contributed by atoms with Crippen LogP contribution in [0.15, 0.2) is 36.5 Å². The minimum Gasteiger partial charge on any atom is -0.308 e. The third-order valence-corrected chi connectivity index (χ3v) is 3.12. The van der Waals surface area contributed by atoms with Gasteiger partial charge in [-0.2, -0.15) is 0 Å². The first-order chi connectivity index (χ1) is 8.63. The fourth-order valence-corrected chi connectivity index (χ4v) is 2.13. The molecule has 2 rings (SSSR count). The quantitative estimate of drug-likeness (QED) is 0.918. The zero-order valence-electron chi connectivity index (χ0n) is 10.2. The summed E-state index contributed by atoms with van der Waals surface area (Å²) in [6.45, 7) is 1.96. The summed E-state index contributed by atoms with van der Waals surface area (Å²) < 4.78 is 14.0. The number of hydrogen-bond acceptors (Lipinski definition) is 2. The molecule has 2 nitrogen and oxygen atoms in total. The van der Waals surface area contributed by atoms with E-state index < -0.39 is 0 Å². The summed E-state index contributed by atoms with van der Waals surface area (Å²) in [5.74, 6) is -0.327. The van der Waals surface area contributed by atoms with Gasteiger partial charge in [0.25, 0.3) is 0 Å². The van der Waals surface area contributed by atoms with Crippen LogP contribution in [-0.2, 0) is 0 Å². The van der Waals surface area contributed by atoms with Gasteiger partial charge in [0.05, 0.1) is 11.7 Å².